The number of nitrogens with zero attached hydrogens (tertiary/aromatic N) is 2. The first-order valence-corrected chi connectivity index (χ1v) is 11.9. The van der Waals surface area contributed by atoms with Crippen LogP contribution in [0, 0.1) is 0 Å². The topological polar surface area (TPSA) is 6.48 Å². The normalized spacial score (nSPS) is 27.3. The lowest BCUT2D eigenvalue weighted by Gasteiger charge is -2.40. The van der Waals surface area contributed by atoms with E-state index in [9.17, 15) is 4.39 Å². The molecule has 0 radical (unpaired) electrons. The van der Waals surface area contributed by atoms with Gasteiger partial charge in [-0.1, -0.05) is 53.4 Å². The minimum atomic E-state index is -0.538. The molecule has 2 saturated carbocycles. The lowest BCUT2D eigenvalue weighted by atomic mass is 9.90. The van der Waals surface area contributed by atoms with Crippen LogP contribution < -0.4 is 0 Å². The van der Waals surface area contributed by atoms with Crippen molar-refractivity contribution in [3.8, 4) is 0 Å². The molecule has 2 aliphatic heterocycles. The van der Waals surface area contributed by atoms with Crippen molar-refractivity contribution in [2.24, 2.45) is 0 Å². The number of hydrogen-bond donors (Lipinski definition) is 0. The van der Waals surface area contributed by atoms with Crippen molar-refractivity contribution in [1.82, 2.24) is 9.80 Å². The van der Waals surface area contributed by atoms with Crippen molar-refractivity contribution in [1.29, 1.82) is 0 Å². The minimum Gasteiger partial charge on any atom is -0.300 e. The highest BCUT2D eigenvalue weighted by Gasteiger charge is 2.29. The Hall–Kier alpha value is -0.150. The van der Waals surface area contributed by atoms with E-state index in [2.05, 4.69) is 23.6 Å². The third-order valence-corrected chi connectivity index (χ3v) is 5.97. The highest BCUT2D eigenvalue weighted by molar-refractivity contribution is 4.84. The van der Waals surface area contributed by atoms with Gasteiger partial charge in [0.1, 0.15) is 6.17 Å². The van der Waals surface area contributed by atoms with Crippen molar-refractivity contribution in [2.45, 2.75) is 123 Å². The maximum atomic E-state index is 12.9. The summed E-state index contributed by atoms with van der Waals surface area (Å²) in [6, 6.07) is 1.74. The van der Waals surface area contributed by atoms with Crippen LogP contribution in [0.5, 0.6) is 0 Å². The molecule has 2 aliphatic carbocycles. The lowest BCUT2D eigenvalue weighted by molar-refractivity contribution is 0.0620. The molecule has 0 N–H and O–H groups in total. The number of hydrogen-bond acceptors (Lipinski definition) is 2. The molecule has 26 heavy (non-hydrogen) atoms. The van der Waals surface area contributed by atoms with Gasteiger partial charge in [0.25, 0.3) is 0 Å². The van der Waals surface area contributed by atoms with Crippen LogP contribution in [0.15, 0.2) is 0 Å². The van der Waals surface area contributed by atoms with Gasteiger partial charge in [-0.05, 0) is 71.0 Å². The van der Waals surface area contributed by atoms with Crippen molar-refractivity contribution >= 4 is 0 Å². The summed E-state index contributed by atoms with van der Waals surface area (Å²) in [7, 11) is 0. The summed E-state index contributed by atoms with van der Waals surface area (Å²) in [4.78, 5) is 5.05. The summed E-state index contributed by atoms with van der Waals surface area (Å²) in [5, 5.41) is 0. The van der Waals surface area contributed by atoms with Crippen LogP contribution in [-0.2, 0) is 0 Å². The molecule has 0 bridgehead atoms. The van der Waals surface area contributed by atoms with Crippen molar-refractivity contribution < 1.29 is 4.39 Å². The van der Waals surface area contributed by atoms with Gasteiger partial charge in [-0.25, -0.2) is 4.39 Å². The largest absolute Gasteiger partial charge is 0.300 e. The number of likely N-dealkylation sites (tertiary alicyclic amines) is 2. The molecule has 156 valence electrons. The summed E-state index contributed by atoms with van der Waals surface area (Å²) < 4.78 is 12.9. The third kappa shape index (κ3) is 8.69. The van der Waals surface area contributed by atoms with Gasteiger partial charge in [0.05, 0.1) is 0 Å². The van der Waals surface area contributed by atoms with Crippen LogP contribution in [0.1, 0.15) is 105 Å². The van der Waals surface area contributed by atoms with Crippen LogP contribution in [0.4, 0.5) is 4.39 Å². The fraction of sp³-hybridized carbons (Fsp3) is 1.00. The summed E-state index contributed by atoms with van der Waals surface area (Å²) >= 11 is 0. The highest BCUT2D eigenvalue weighted by atomic mass is 19.1. The fourth-order valence-electron chi connectivity index (χ4n) is 4.07. The van der Waals surface area contributed by atoms with E-state index in [1.54, 1.807) is 0 Å². The molecule has 1 unspecified atom stereocenters. The lowest BCUT2D eigenvalue weighted by Crippen LogP contribution is -2.46. The SMILES string of the molecule is C1CCN(C2CCC2)CC1.CC.CCC.FC1CCCN(C2CCC2)C1. The summed E-state index contributed by atoms with van der Waals surface area (Å²) in [6.07, 6.45) is 15.4. The Morgan fingerprint density at radius 2 is 1.12 bits per heavy atom. The molecule has 2 heterocycles. The predicted octanol–water partition coefficient (Wildman–Crippen LogP) is 6.44. The Balaban J connectivity index is 0.000000210. The summed E-state index contributed by atoms with van der Waals surface area (Å²) in [6.45, 7) is 12.9. The van der Waals surface area contributed by atoms with E-state index in [-0.39, 0.29) is 0 Å². The number of halogens is 1. The zero-order valence-corrected chi connectivity index (χ0v) is 18.3. The minimum absolute atomic E-state index is 0.538. The van der Waals surface area contributed by atoms with Crippen molar-refractivity contribution in [3.05, 3.63) is 0 Å². The Morgan fingerprint density at radius 1 is 0.654 bits per heavy atom. The molecule has 4 rings (SSSR count). The average Bonchev–Trinajstić information content (AvgIpc) is 2.56. The van der Waals surface area contributed by atoms with Gasteiger partial charge in [0, 0.05) is 18.6 Å². The summed E-state index contributed by atoms with van der Waals surface area (Å²) in [5.74, 6) is 0. The smallest absolute Gasteiger partial charge is 0.113 e. The molecule has 4 fully saturated rings. The molecule has 1 atom stereocenters. The molecule has 2 saturated heterocycles. The zero-order chi connectivity index (χ0) is 19.2. The van der Waals surface area contributed by atoms with Crippen LogP contribution in [-0.4, -0.2) is 54.2 Å². The monoisotopic (exact) mass is 370 g/mol. The van der Waals surface area contributed by atoms with Crippen molar-refractivity contribution in [2.75, 3.05) is 26.2 Å². The van der Waals surface area contributed by atoms with Crippen molar-refractivity contribution in [3.63, 3.8) is 0 Å². The van der Waals surface area contributed by atoms with E-state index in [1.807, 2.05) is 13.8 Å². The zero-order valence-electron chi connectivity index (χ0n) is 18.3. The molecule has 0 amide bonds. The van der Waals surface area contributed by atoms with Crippen LogP contribution in [0.25, 0.3) is 0 Å². The average molecular weight is 371 g/mol. The summed E-state index contributed by atoms with van der Waals surface area (Å²) in [5.41, 5.74) is 0. The van der Waals surface area contributed by atoms with E-state index in [4.69, 9.17) is 0 Å². The molecule has 0 spiro atoms. The Bertz CT molecular complexity index is 309. The standard InChI is InChI=1S/C9H16FN.C9H17N.C3H8.C2H6/c10-8-3-2-6-11(7-8)9-4-1-5-9;1-2-7-10(8-3-1)9-5-4-6-9;1-3-2;1-2/h8-9H,1-7H2;9H,1-8H2;3H2,1-2H3;1-2H3. The maximum absolute atomic E-state index is 12.9. The highest BCUT2D eigenvalue weighted by Crippen LogP contribution is 2.28. The third-order valence-electron chi connectivity index (χ3n) is 5.97. The van der Waals surface area contributed by atoms with Crippen LogP contribution >= 0.6 is 0 Å². The molecule has 4 aliphatic rings. The number of piperidine rings is 2. The maximum Gasteiger partial charge on any atom is 0.113 e. The molecule has 0 aromatic heterocycles. The quantitative estimate of drug-likeness (QED) is 0.552. The Labute approximate surface area is 163 Å². The van der Waals surface area contributed by atoms with E-state index in [0.29, 0.717) is 6.54 Å². The predicted molar refractivity (Wildman–Crippen MR) is 114 cm³/mol. The van der Waals surface area contributed by atoms with Gasteiger partial charge in [0.15, 0.2) is 0 Å². The fourth-order valence-corrected chi connectivity index (χ4v) is 4.07. The second kappa shape index (κ2) is 14.9. The molecular formula is C23H47FN2. The Morgan fingerprint density at radius 3 is 1.54 bits per heavy atom. The molecule has 0 aromatic rings. The molecule has 2 nitrogen and oxygen atoms in total. The van der Waals surface area contributed by atoms with E-state index in [1.165, 1.54) is 77.3 Å². The van der Waals surface area contributed by atoms with Crippen LogP contribution in [0.3, 0.4) is 0 Å². The number of alkyl halides is 1. The van der Waals surface area contributed by atoms with Gasteiger partial charge in [-0.3, -0.25) is 4.90 Å². The molecule has 3 heteroatoms. The van der Waals surface area contributed by atoms with Gasteiger partial charge in [0.2, 0.25) is 0 Å². The second-order valence-electron chi connectivity index (χ2n) is 8.21. The van der Waals surface area contributed by atoms with Gasteiger partial charge in [-0.15, -0.1) is 0 Å². The van der Waals surface area contributed by atoms with E-state index >= 15 is 0 Å². The number of rotatable bonds is 2. The first-order chi connectivity index (χ1) is 12.7. The van der Waals surface area contributed by atoms with Gasteiger partial charge < -0.3 is 4.90 Å². The molecular weight excluding hydrogens is 323 g/mol. The second-order valence-corrected chi connectivity index (χ2v) is 8.21. The van der Waals surface area contributed by atoms with Gasteiger partial charge >= 0.3 is 0 Å². The van der Waals surface area contributed by atoms with E-state index < -0.39 is 6.17 Å². The first-order valence-electron chi connectivity index (χ1n) is 11.9. The molecule has 0 aromatic carbocycles. The van der Waals surface area contributed by atoms with Crippen LogP contribution in [0.2, 0.25) is 0 Å². The Kier molecular flexibility index (Phi) is 13.6. The van der Waals surface area contributed by atoms with E-state index in [0.717, 1.165) is 31.5 Å². The van der Waals surface area contributed by atoms with Gasteiger partial charge in [-0.2, -0.15) is 0 Å². The first kappa shape index (κ1) is 23.9.